The number of amides is 2. The van der Waals surface area contributed by atoms with E-state index < -0.39 is 0 Å². The average Bonchev–Trinajstić information content (AvgIpc) is 3.27. The van der Waals surface area contributed by atoms with E-state index >= 15 is 0 Å². The Hall–Kier alpha value is -1.10. The van der Waals surface area contributed by atoms with E-state index in [2.05, 4.69) is 5.32 Å². The van der Waals surface area contributed by atoms with Gasteiger partial charge < -0.3 is 16.0 Å². The molecule has 0 aromatic rings. The lowest BCUT2D eigenvalue weighted by Crippen LogP contribution is -2.42. The van der Waals surface area contributed by atoms with Gasteiger partial charge in [0, 0.05) is 38.0 Å². The second-order valence-corrected chi connectivity index (χ2v) is 6.25. The molecule has 1 aliphatic heterocycles. The first-order chi connectivity index (χ1) is 9.58. The molecular formula is C15H27N3O2. The minimum Gasteiger partial charge on any atom is -0.356 e. The quantitative estimate of drug-likeness (QED) is 0.710. The van der Waals surface area contributed by atoms with Crippen molar-refractivity contribution in [3.05, 3.63) is 0 Å². The van der Waals surface area contributed by atoms with E-state index in [1.54, 1.807) is 0 Å². The van der Waals surface area contributed by atoms with Crippen LogP contribution >= 0.6 is 0 Å². The summed E-state index contributed by atoms with van der Waals surface area (Å²) in [5.74, 6) is 1.18. The topological polar surface area (TPSA) is 75.4 Å². The van der Waals surface area contributed by atoms with Crippen molar-refractivity contribution in [1.82, 2.24) is 10.2 Å². The number of hydrogen-bond donors (Lipinski definition) is 2. The number of likely N-dealkylation sites (tertiary alicyclic amines) is 1. The first kappa shape index (κ1) is 15.3. The minimum absolute atomic E-state index is 0.162. The normalized spacial score (nSPS) is 21.6. The predicted molar refractivity (Wildman–Crippen MR) is 77.9 cm³/mol. The Morgan fingerprint density at radius 3 is 2.45 bits per heavy atom. The lowest BCUT2D eigenvalue weighted by molar-refractivity contribution is -0.133. The molecule has 1 aliphatic carbocycles. The molecule has 20 heavy (non-hydrogen) atoms. The highest BCUT2D eigenvalue weighted by Gasteiger charge is 2.29. The van der Waals surface area contributed by atoms with Gasteiger partial charge in [-0.05, 0) is 44.9 Å². The number of nitrogens with two attached hydrogens (primary N) is 1. The fraction of sp³-hybridized carbons (Fsp3) is 0.867. The number of carbonyl (C=O) groups excluding carboxylic acids is 2. The third-order valence-corrected chi connectivity index (χ3v) is 4.45. The van der Waals surface area contributed by atoms with Crippen molar-refractivity contribution in [1.29, 1.82) is 0 Å². The number of rotatable bonds is 6. The number of nitrogens with zero attached hydrogens (tertiary/aromatic N) is 1. The minimum atomic E-state index is 0.162. The molecule has 0 bridgehead atoms. The van der Waals surface area contributed by atoms with Gasteiger partial charge in [0.1, 0.15) is 0 Å². The average molecular weight is 281 g/mol. The van der Waals surface area contributed by atoms with Crippen LogP contribution in [0.15, 0.2) is 0 Å². The molecule has 114 valence electrons. The van der Waals surface area contributed by atoms with Gasteiger partial charge in [-0.1, -0.05) is 0 Å². The third-order valence-electron chi connectivity index (χ3n) is 4.45. The largest absolute Gasteiger partial charge is 0.356 e. The molecule has 1 saturated carbocycles. The summed E-state index contributed by atoms with van der Waals surface area (Å²) >= 11 is 0. The van der Waals surface area contributed by atoms with Crippen LogP contribution in [0.5, 0.6) is 0 Å². The molecule has 1 unspecified atom stereocenters. The van der Waals surface area contributed by atoms with Crippen LogP contribution in [0.4, 0.5) is 0 Å². The van der Waals surface area contributed by atoms with Gasteiger partial charge in [0.25, 0.3) is 0 Å². The van der Waals surface area contributed by atoms with Gasteiger partial charge in [0.05, 0.1) is 0 Å². The third kappa shape index (κ3) is 4.47. The van der Waals surface area contributed by atoms with Gasteiger partial charge in [-0.25, -0.2) is 0 Å². The number of hydrogen-bond acceptors (Lipinski definition) is 3. The molecule has 0 aromatic heterocycles. The monoisotopic (exact) mass is 281 g/mol. The Kier molecular flexibility index (Phi) is 5.40. The molecule has 0 radical (unpaired) electrons. The van der Waals surface area contributed by atoms with E-state index in [0.29, 0.717) is 18.9 Å². The lowest BCUT2D eigenvalue weighted by atomic mass is 9.91. The molecule has 2 aliphatic rings. The van der Waals surface area contributed by atoms with Crippen molar-refractivity contribution in [3.8, 4) is 0 Å². The van der Waals surface area contributed by atoms with Gasteiger partial charge in [-0.3, -0.25) is 9.59 Å². The first-order valence-corrected chi connectivity index (χ1v) is 7.89. The maximum atomic E-state index is 12.0. The highest BCUT2D eigenvalue weighted by atomic mass is 16.2. The van der Waals surface area contributed by atoms with Crippen LogP contribution in [-0.2, 0) is 9.59 Å². The van der Waals surface area contributed by atoms with E-state index in [-0.39, 0.29) is 23.8 Å². The SMILES string of the molecule is CC(N)C1CCN(C(=O)CCCNC(=O)C2CC2)CC1. The van der Waals surface area contributed by atoms with E-state index in [1.165, 1.54) is 0 Å². The molecule has 1 atom stereocenters. The van der Waals surface area contributed by atoms with Crippen molar-refractivity contribution in [2.24, 2.45) is 17.6 Å². The van der Waals surface area contributed by atoms with Crippen molar-refractivity contribution in [3.63, 3.8) is 0 Å². The predicted octanol–water partition coefficient (Wildman–Crippen LogP) is 0.879. The number of carbonyl (C=O) groups is 2. The van der Waals surface area contributed by atoms with Crippen LogP contribution in [0.25, 0.3) is 0 Å². The van der Waals surface area contributed by atoms with E-state index in [0.717, 1.165) is 45.2 Å². The Morgan fingerprint density at radius 2 is 1.90 bits per heavy atom. The van der Waals surface area contributed by atoms with E-state index in [4.69, 9.17) is 5.73 Å². The van der Waals surface area contributed by atoms with Crippen LogP contribution < -0.4 is 11.1 Å². The summed E-state index contributed by atoms with van der Waals surface area (Å²) in [6, 6.07) is 0.227. The molecule has 0 aromatic carbocycles. The van der Waals surface area contributed by atoms with E-state index in [9.17, 15) is 9.59 Å². The maximum absolute atomic E-state index is 12.0. The summed E-state index contributed by atoms with van der Waals surface area (Å²) in [5.41, 5.74) is 5.90. The standard InChI is InChI=1S/C15H27N3O2/c1-11(16)12-6-9-18(10-7-12)14(19)3-2-8-17-15(20)13-4-5-13/h11-13H,2-10,16H2,1H3,(H,17,20). The zero-order valence-electron chi connectivity index (χ0n) is 12.4. The summed E-state index contributed by atoms with van der Waals surface area (Å²) in [7, 11) is 0. The van der Waals surface area contributed by atoms with Crippen molar-refractivity contribution in [2.45, 2.75) is 51.5 Å². The second kappa shape index (κ2) is 7.07. The van der Waals surface area contributed by atoms with Crippen molar-refractivity contribution >= 4 is 11.8 Å². The number of nitrogens with one attached hydrogen (secondary N) is 1. The van der Waals surface area contributed by atoms with E-state index in [1.807, 2.05) is 11.8 Å². The van der Waals surface area contributed by atoms with Gasteiger partial charge >= 0.3 is 0 Å². The van der Waals surface area contributed by atoms with Crippen LogP contribution in [0, 0.1) is 11.8 Å². The van der Waals surface area contributed by atoms with Crippen LogP contribution in [-0.4, -0.2) is 42.4 Å². The van der Waals surface area contributed by atoms with Crippen LogP contribution in [0.1, 0.15) is 45.4 Å². The van der Waals surface area contributed by atoms with Crippen molar-refractivity contribution in [2.75, 3.05) is 19.6 Å². The molecule has 0 spiro atoms. The molecule has 1 saturated heterocycles. The molecule has 2 fully saturated rings. The van der Waals surface area contributed by atoms with Crippen LogP contribution in [0.2, 0.25) is 0 Å². The summed E-state index contributed by atoms with van der Waals surface area (Å²) in [6.07, 6.45) is 5.36. The molecule has 2 rings (SSSR count). The fourth-order valence-corrected chi connectivity index (χ4v) is 2.77. The first-order valence-electron chi connectivity index (χ1n) is 7.89. The number of piperidine rings is 1. The highest BCUT2D eigenvalue weighted by Crippen LogP contribution is 2.28. The summed E-state index contributed by atoms with van der Waals surface area (Å²) in [5, 5.41) is 2.90. The van der Waals surface area contributed by atoms with Crippen LogP contribution in [0.3, 0.4) is 0 Å². The Bertz CT molecular complexity index is 345. The molecule has 2 amide bonds. The van der Waals surface area contributed by atoms with Crippen molar-refractivity contribution < 1.29 is 9.59 Å². The molecule has 1 heterocycles. The highest BCUT2D eigenvalue weighted by molar-refractivity contribution is 5.81. The second-order valence-electron chi connectivity index (χ2n) is 6.25. The zero-order chi connectivity index (χ0) is 14.5. The summed E-state index contributed by atoms with van der Waals surface area (Å²) in [6.45, 7) is 4.33. The van der Waals surface area contributed by atoms with Gasteiger partial charge in [0.15, 0.2) is 0 Å². The van der Waals surface area contributed by atoms with Gasteiger partial charge in [0.2, 0.25) is 11.8 Å². The molecule has 3 N–H and O–H groups in total. The molecular weight excluding hydrogens is 254 g/mol. The van der Waals surface area contributed by atoms with Gasteiger partial charge in [-0.15, -0.1) is 0 Å². The molecule has 5 heteroatoms. The smallest absolute Gasteiger partial charge is 0.223 e. The summed E-state index contributed by atoms with van der Waals surface area (Å²) < 4.78 is 0. The Balaban J connectivity index is 1.57. The van der Waals surface area contributed by atoms with Gasteiger partial charge in [-0.2, -0.15) is 0 Å². The molecule has 5 nitrogen and oxygen atoms in total. The Morgan fingerprint density at radius 1 is 1.25 bits per heavy atom. The Labute approximate surface area is 121 Å². The maximum Gasteiger partial charge on any atom is 0.223 e. The zero-order valence-corrected chi connectivity index (χ0v) is 12.4. The summed E-state index contributed by atoms with van der Waals surface area (Å²) in [4.78, 5) is 25.4. The lowest BCUT2D eigenvalue weighted by Gasteiger charge is -2.33. The fourth-order valence-electron chi connectivity index (χ4n) is 2.77.